The molecule has 2 aromatic heterocycles. The average molecular weight is 331 g/mol. The zero-order chi connectivity index (χ0) is 17.2. The van der Waals surface area contributed by atoms with Crippen LogP contribution in [-0.2, 0) is 6.54 Å². The Kier molecular flexibility index (Phi) is 3.91. The second-order valence-corrected chi connectivity index (χ2v) is 5.79. The summed E-state index contributed by atoms with van der Waals surface area (Å²) in [5.74, 6) is 0.531. The molecule has 0 aliphatic heterocycles. The molecular formula is C20H17N3O2. The van der Waals surface area contributed by atoms with Crippen LogP contribution >= 0.6 is 0 Å². The molecule has 2 N–H and O–H groups in total. The Balaban J connectivity index is 1.85. The predicted octanol–water partition coefficient (Wildman–Crippen LogP) is 3.04. The van der Waals surface area contributed by atoms with Crippen LogP contribution in [0.25, 0.3) is 34.0 Å². The van der Waals surface area contributed by atoms with Gasteiger partial charge in [-0.3, -0.25) is 9.36 Å². The minimum absolute atomic E-state index is 0.117. The summed E-state index contributed by atoms with van der Waals surface area (Å²) in [6.45, 7) is 0.0953. The fourth-order valence-electron chi connectivity index (χ4n) is 3.02. The first-order chi connectivity index (χ1) is 12.3. The second kappa shape index (κ2) is 6.37. The number of hydrogen-bond donors (Lipinski definition) is 2. The average Bonchev–Trinajstić information content (AvgIpc) is 3.06. The van der Waals surface area contributed by atoms with Crippen LogP contribution in [0.1, 0.15) is 11.4 Å². The molecule has 4 aromatic rings. The Bertz CT molecular complexity index is 1140. The number of aromatic amines is 1. The van der Waals surface area contributed by atoms with Crippen LogP contribution < -0.4 is 5.56 Å². The molecule has 25 heavy (non-hydrogen) atoms. The van der Waals surface area contributed by atoms with E-state index in [0.29, 0.717) is 16.7 Å². The van der Waals surface area contributed by atoms with Crippen LogP contribution in [0.5, 0.6) is 0 Å². The van der Waals surface area contributed by atoms with Crippen molar-refractivity contribution in [3.05, 3.63) is 76.5 Å². The van der Waals surface area contributed by atoms with E-state index in [9.17, 15) is 9.90 Å². The van der Waals surface area contributed by atoms with Crippen molar-refractivity contribution in [3.8, 4) is 0 Å². The molecule has 2 heterocycles. The highest BCUT2D eigenvalue weighted by Gasteiger charge is 2.08. The van der Waals surface area contributed by atoms with Gasteiger partial charge in [-0.05, 0) is 35.9 Å². The minimum atomic E-state index is -0.141. The van der Waals surface area contributed by atoms with Crippen molar-refractivity contribution < 1.29 is 5.11 Å². The largest absolute Gasteiger partial charge is 0.395 e. The van der Waals surface area contributed by atoms with Crippen molar-refractivity contribution in [1.82, 2.24) is 14.5 Å². The Morgan fingerprint density at radius 3 is 2.64 bits per heavy atom. The molecule has 4 rings (SSSR count). The standard InChI is InChI=1S/C20H17N3O2/c24-12-11-23-19(22-18-8-4-2-6-16(18)20(23)25)10-9-14-13-21-17-7-3-1-5-15(14)17/h1-10,13,21,24H,11-12H2/b10-9+. The highest BCUT2D eigenvalue weighted by molar-refractivity contribution is 5.91. The molecule has 0 bridgehead atoms. The lowest BCUT2D eigenvalue weighted by atomic mass is 10.1. The number of hydrogen-bond acceptors (Lipinski definition) is 3. The lowest BCUT2D eigenvalue weighted by Gasteiger charge is -2.09. The number of rotatable bonds is 4. The van der Waals surface area contributed by atoms with Gasteiger partial charge in [-0.25, -0.2) is 4.98 Å². The van der Waals surface area contributed by atoms with Crippen molar-refractivity contribution in [1.29, 1.82) is 0 Å². The monoisotopic (exact) mass is 331 g/mol. The number of fused-ring (bicyclic) bond motifs is 2. The van der Waals surface area contributed by atoms with Gasteiger partial charge in [-0.1, -0.05) is 30.3 Å². The quantitative estimate of drug-likeness (QED) is 0.604. The summed E-state index contributed by atoms with van der Waals surface area (Å²) >= 11 is 0. The number of H-pyrrole nitrogens is 1. The third-order valence-corrected chi connectivity index (χ3v) is 4.25. The molecule has 124 valence electrons. The van der Waals surface area contributed by atoms with Gasteiger partial charge in [0.2, 0.25) is 0 Å². The van der Waals surface area contributed by atoms with Gasteiger partial charge in [-0.15, -0.1) is 0 Å². The highest BCUT2D eigenvalue weighted by atomic mass is 16.3. The summed E-state index contributed by atoms with van der Waals surface area (Å²) in [5, 5.41) is 11.0. The molecular weight excluding hydrogens is 314 g/mol. The van der Waals surface area contributed by atoms with E-state index in [1.807, 2.05) is 60.8 Å². The number of aliphatic hydroxyl groups is 1. The molecule has 0 amide bonds. The van der Waals surface area contributed by atoms with E-state index in [1.54, 1.807) is 6.07 Å². The van der Waals surface area contributed by atoms with Gasteiger partial charge in [-0.2, -0.15) is 0 Å². The van der Waals surface area contributed by atoms with Gasteiger partial charge in [0.05, 0.1) is 24.1 Å². The van der Waals surface area contributed by atoms with E-state index in [4.69, 9.17) is 0 Å². The Labute approximate surface area is 143 Å². The van der Waals surface area contributed by atoms with Gasteiger partial charge in [0, 0.05) is 17.1 Å². The minimum Gasteiger partial charge on any atom is -0.395 e. The number of para-hydroxylation sites is 2. The van der Waals surface area contributed by atoms with E-state index in [2.05, 4.69) is 9.97 Å². The van der Waals surface area contributed by atoms with E-state index in [0.717, 1.165) is 16.5 Å². The van der Waals surface area contributed by atoms with Gasteiger partial charge in [0.25, 0.3) is 5.56 Å². The maximum atomic E-state index is 12.7. The number of nitrogens with one attached hydrogen (secondary N) is 1. The van der Waals surface area contributed by atoms with E-state index in [1.165, 1.54) is 4.57 Å². The summed E-state index contributed by atoms with van der Waals surface area (Å²) in [7, 11) is 0. The summed E-state index contributed by atoms with van der Waals surface area (Å²) < 4.78 is 1.51. The molecule has 0 aliphatic carbocycles. The van der Waals surface area contributed by atoms with Crippen LogP contribution in [0.3, 0.4) is 0 Å². The van der Waals surface area contributed by atoms with Crippen molar-refractivity contribution in [2.75, 3.05) is 6.61 Å². The maximum absolute atomic E-state index is 12.7. The Morgan fingerprint density at radius 2 is 1.80 bits per heavy atom. The first kappa shape index (κ1) is 15.4. The SMILES string of the molecule is O=c1c2ccccc2nc(/C=C/c2c[nH]c3ccccc23)n1CCO. The first-order valence-electron chi connectivity index (χ1n) is 8.12. The number of nitrogens with zero attached hydrogens (tertiary/aromatic N) is 2. The Morgan fingerprint density at radius 1 is 1.04 bits per heavy atom. The zero-order valence-corrected chi connectivity index (χ0v) is 13.5. The lowest BCUT2D eigenvalue weighted by Crippen LogP contribution is -2.25. The predicted molar refractivity (Wildman–Crippen MR) is 100 cm³/mol. The van der Waals surface area contributed by atoms with E-state index >= 15 is 0 Å². The van der Waals surface area contributed by atoms with Crippen molar-refractivity contribution in [3.63, 3.8) is 0 Å². The summed E-state index contributed by atoms with van der Waals surface area (Å²) in [6, 6.07) is 15.3. The van der Waals surface area contributed by atoms with Crippen LogP contribution in [-0.4, -0.2) is 26.2 Å². The van der Waals surface area contributed by atoms with Gasteiger partial charge >= 0.3 is 0 Å². The number of aromatic nitrogens is 3. The fraction of sp³-hybridized carbons (Fsp3) is 0.100. The molecule has 0 fully saturated rings. The Hall–Kier alpha value is -3.18. The van der Waals surface area contributed by atoms with Gasteiger partial charge in [0.15, 0.2) is 0 Å². The number of benzene rings is 2. The van der Waals surface area contributed by atoms with Crippen LogP contribution in [0.15, 0.2) is 59.5 Å². The fourth-order valence-corrected chi connectivity index (χ4v) is 3.02. The van der Waals surface area contributed by atoms with Crippen molar-refractivity contribution in [2.45, 2.75) is 6.54 Å². The topological polar surface area (TPSA) is 70.9 Å². The van der Waals surface area contributed by atoms with Crippen LogP contribution in [0.2, 0.25) is 0 Å². The molecule has 0 unspecified atom stereocenters. The zero-order valence-electron chi connectivity index (χ0n) is 13.5. The molecule has 0 atom stereocenters. The normalized spacial score (nSPS) is 11.7. The molecule has 5 nitrogen and oxygen atoms in total. The van der Waals surface area contributed by atoms with Crippen molar-refractivity contribution in [2.24, 2.45) is 0 Å². The maximum Gasteiger partial charge on any atom is 0.261 e. The molecule has 0 spiro atoms. The lowest BCUT2D eigenvalue weighted by molar-refractivity contribution is 0.273. The molecule has 2 aromatic carbocycles. The van der Waals surface area contributed by atoms with Gasteiger partial charge < -0.3 is 10.1 Å². The third kappa shape index (κ3) is 2.75. The summed E-state index contributed by atoms with van der Waals surface area (Å²) in [6.07, 6.45) is 5.68. The number of aliphatic hydroxyl groups excluding tert-OH is 1. The molecule has 0 radical (unpaired) electrons. The van der Waals surface area contributed by atoms with Crippen LogP contribution in [0.4, 0.5) is 0 Å². The smallest absolute Gasteiger partial charge is 0.261 e. The molecule has 0 saturated carbocycles. The van der Waals surface area contributed by atoms with E-state index in [-0.39, 0.29) is 18.7 Å². The molecule has 5 heteroatoms. The second-order valence-electron chi connectivity index (χ2n) is 5.79. The summed E-state index contributed by atoms with van der Waals surface area (Å²) in [4.78, 5) is 20.5. The third-order valence-electron chi connectivity index (χ3n) is 4.25. The van der Waals surface area contributed by atoms with Crippen molar-refractivity contribution >= 4 is 34.0 Å². The first-order valence-corrected chi connectivity index (χ1v) is 8.12. The highest BCUT2D eigenvalue weighted by Crippen LogP contribution is 2.20. The van der Waals surface area contributed by atoms with E-state index < -0.39 is 0 Å². The van der Waals surface area contributed by atoms with Gasteiger partial charge in [0.1, 0.15) is 5.82 Å². The summed E-state index contributed by atoms with van der Waals surface area (Å²) in [5.41, 5.74) is 2.59. The molecule has 0 aliphatic rings. The molecule has 0 saturated heterocycles. The van der Waals surface area contributed by atoms with Crippen LogP contribution in [0, 0.1) is 0 Å².